The summed E-state index contributed by atoms with van der Waals surface area (Å²) in [6, 6.07) is 1.92. The third-order valence-electron chi connectivity index (χ3n) is 3.27. The van der Waals surface area contributed by atoms with Crippen molar-refractivity contribution >= 4 is 23.3 Å². The Hall–Kier alpha value is -2.35. The van der Waals surface area contributed by atoms with Gasteiger partial charge in [0.25, 0.3) is 12.0 Å². The summed E-state index contributed by atoms with van der Waals surface area (Å²) in [5.74, 6) is 0.853. The van der Waals surface area contributed by atoms with Crippen LogP contribution in [-0.2, 0) is 9.53 Å². The molecular weight excluding hydrogens is 298 g/mol. The predicted molar refractivity (Wildman–Crippen MR) is 88.7 cm³/mol. The molecule has 0 bridgehead atoms. The van der Waals surface area contributed by atoms with Gasteiger partial charge in [-0.3, -0.25) is 9.59 Å². The molecule has 3 N–H and O–H groups in total. The van der Waals surface area contributed by atoms with Gasteiger partial charge in [-0.25, -0.2) is 4.98 Å². The van der Waals surface area contributed by atoms with Gasteiger partial charge in [0.15, 0.2) is 0 Å². The Morgan fingerprint density at radius 2 is 2.00 bits per heavy atom. The first-order chi connectivity index (χ1) is 10.9. The zero-order valence-corrected chi connectivity index (χ0v) is 13.7. The van der Waals surface area contributed by atoms with Crippen molar-refractivity contribution in [1.82, 2.24) is 20.3 Å². The summed E-state index contributed by atoms with van der Waals surface area (Å²) in [6.45, 7) is 9.63. The van der Waals surface area contributed by atoms with Gasteiger partial charge in [0.05, 0.1) is 11.8 Å². The SMILES string of the molecule is CC(C)(C)OC=O.O=c1[nH]c(N2CCNCC2)cc2nc[nH]c12. The third kappa shape index (κ3) is 4.82. The van der Waals surface area contributed by atoms with E-state index in [4.69, 9.17) is 0 Å². The summed E-state index contributed by atoms with van der Waals surface area (Å²) >= 11 is 0. The number of H-pyrrole nitrogens is 2. The molecule has 8 heteroatoms. The Morgan fingerprint density at radius 1 is 1.30 bits per heavy atom. The minimum atomic E-state index is -0.318. The second-order valence-corrected chi connectivity index (χ2v) is 6.21. The lowest BCUT2D eigenvalue weighted by Crippen LogP contribution is -2.44. The van der Waals surface area contributed by atoms with E-state index < -0.39 is 0 Å². The number of carbonyl (C=O) groups is 1. The molecule has 8 nitrogen and oxygen atoms in total. The van der Waals surface area contributed by atoms with E-state index in [9.17, 15) is 9.59 Å². The van der Waals surface area contributed by atoms with Gasteiger partial charge in [-0.1, -0.05) is 0 Å². The number of aromatic amines is 2. The Morgan fingerprint density at radius 3 is 2.57 bits per heavy atom. The van der Waals surface area contributed by atoms with E-state index in [2.05, 4.69) is 29.9 Å². The Balaban J connectivity index is 0.000000236. The minimum Gasteiger partial charge on any atom is -0.462 e. The number of hydrogen-bond donors (Lipinski definition) is 3. The first kappa shape index (κ1) is 17.0. The van der Waals surface area contributed by atoms with Crippen LogP contribution in [0.3, 0.4) is 0 Å². The third-order valence-corrected chi connectivity index (χ3v) is 3.27. The molecule has 0 radical (unpaired) electrons. The molecule has 0 atom stereocenters. The van der Waals surface area contributed by atoms with Crippen molar-refractivity contribution in [3.8, 4) is 0 Å². The smallest absolute Gasteiger partial charge is 0.293 e. The summed E-state index contributed by atoms with van der Waals surface area (Å²) < 4.78 is 4.55. The van der Waals surface area contributed by atoms with Gasteiger partial charge in [-0.05, 0) is 20.8 Å². The number of ether oxygens (including phenoxy) is 1. The quantitative estimate of drug-likeness (QED) is 0.701. The maximum Gasteiger partial charge on any atom is 0.293 e. The van der Waals surface area contributed by atoms with Crippen LogP contribution in [0.5, 0.6) is 0 Å². The van der Waals surface area contributed by atoms with Gasteiger partial charge in [-0.15, -0.1) is 0 Å². The van der Waals surface area contributed by atoms with Crippen LogP contribution in [0.4, 0.5) is 5.82 Å². The van der Waals surface area contributed by atoms with Crippen molar-refractivity contribution in [2.24, 2.45) is 0 Å². The molecule has 3 rings (SSSR count). The zero-order chi connectivity index (χ0) is 16.9. The molecule has 1 aliphatic rings. The first-order valence-corrected chi connectivity index (χ1v) is 7.54. The molecule has 1 aliphatic heterocycles. The molecule has 2 aromatic heterocycles. The van der Waals surface area contributed by atoms with Crippen molar-refractivity contribution in [3.05, 3.63) is 22.7 Å². The van der Waals surface area contributed by atoms with E-state index in [-0.39, 0.29) is 11.2 Å². The number of hydrogen-bond acceptors (Lipinski definition) is 6. The molecule has 0 amide bonds. The van der Waals surface area contributed by atoms with E-state index in [0.29, 0.717) is 12.0 Å². The van der Waals surface area contributed by atoms with Crippen LogP contribution in [0.1, 0.15) is 20.8 Å². The number of nitrogens with one attached hydrogen (secondary N) is 3. The highest BCUT2D eigenvalue weighted by Crippen LogP contribution is 2.13. The summed E-state index contributed by atoms with van der Waals surface area (Å²) in [5.41, 5.74) is 0.835. The van der Waals surface area contributed by atoms with Gasteiger partial charge in [0.2, 0.25) is 0 Å². The van der Waals surface area contributed by atoms with E-state index in [1.54, 1.807) is 6.33 Å². The molecule has 0 unspecified atom stereocenters. The Labute approximate surface area is 134 Å². The lowest BCUT2D eigenvalue weighted by molar-refractivity contribution is -0.138. The average Bonchev–Trinajstić information content (AvgIpc) is 2.96. The van der Waals surface area contributed by atoms with Crippen LogP contribution in [0.2, 0.25) is 0 Å². The van der Waals surface area contributed by atoms with Crippen molar-refractivity contribution in [3.63, 3.8) is 0 Å². The average molecular weight is 321 g/mol. The second kappa shape index (κ2) is 7.28. The molecule has 0 aliphatic carbocycles. The fraction of sp³-hybridized carbons (Fsp3) is 0.533. The van der Waals surface area contributed by atoms with Crippen LogP contribution in [0.25, 0.3) is 11.0 Å². The number of nitrogens with zero attached hydrogens (tertiary/aromatic N) is 2. The van der Waals surface area contributed by atoms with Crippen molar-refractivity contribution < 1.29 is 9.53 Å². The number of rotatable bonds is 2. The molecule has 23 heavy (non-hydrogen) atoms. The minimum absolute atomic E-state index is 0.108. The highest BCUT2D eigenvalue weighted by atomic mass is 16.5. The first-order valence-electron chi connectivity index (χ1n) is 7.54. The lowest BCUT2D eigenvalue weighted by atomic mass is 10.2. The monoisotopic (exact) mass is 321 g/mol. The van der Waals surface area contributed by atoms with E-state index in [1.165, 1.54) is 0 Å². The van der Waals surface area contributed by atoms with Crippen LogP contribution >= 0.6 is 0 Å². The molecule has 0 spiro atoms. The summed E-state index contributed by atoms with van der Waals surface area (Å²) in [4.78, 5) is 33.3. The fourth-order valence-corrected chi connectivity index (χ4v) is 2.16. The number of fused-ring (bicyclic) bond motifs is 1. The zero-order valence-electron chi connectivity index (χ0n) is 13.7. The number of piperazine rings is 1. The summed E-state index contributed by atoms with van der Waals surface area (Å²) in [5, 5.41) is 3.28. The van der Waals surface area contributed by atoms with Gasteiger partial charge in [0, 0.05) is 32.2 Å². The molecule has 0 aromatic carbocycles. The van der Waals surface area contributed by atoms with Crippen LogP contribution in [-0.4, -0.2) is 53.2 Å². The second-order valence-electron chi connectivity index (χ2n) is 6.21. The fourth-order valence-electron chi connectivity index (χ4n) is 2.16. The van der Waals surface area contributed by atoms with Gasteiger partial charge >= 0.3 is 0 Å². The normalized spacial score (nSPS) is 15.0. The Kier molecular flexibility index (Phi) is 5.38. The highest BCUT2D eigenvalue weighted by molar-refractivity contribution is 5.76. The van der Waals surface area contributed by atoms with Crippen molar-refractivity contribution in [2.45, 2.75) is 26.4 Å². The van der Waals surface area contributed by atoms with Gasteiger partial charge in [-0.2, -0.15) is 0 Å². The number of pyridine rings is 1. The lowest BCUT2D eigenvalue weighted by Gasteiger charge is -2.28. The highest BCUT2D eigenvalue weighted by Gasteiger charge is 2.13. The largest absolute Gasteiger partial charge is 0.462 e. The molecule has 126 valence electrons. The van der Waals surface area contributed by atoms with Crippen LogP contribution in [0, 0.1) is 0 Å². The van der Waals surface area contributed by atoms with Gasteiger partial charge in [0.1, 0.15) is 16.9 Å². The van der Waals surface area contributed by atoms with E-state index in [0.717, 1.165) is 37.5 Å². The number of imidazole rings is 1. The Bertz CT molecular complexity index is 695. The predicted octanol–water partition coefficient (Wildman–Crippen LogP) is 0.619. The van der Waals surface area contributed by atoms with Gasteiger partial charge < -0.3 is 24.9 Å². The number of aromatic nitrogens is 3. The van der Waals surface area contributed by atoms with Crippen molar-refractivity contribution in [1.29, 1.82) is 0 Å². The number of anilines is 1. The molecule has 3 heterocycles. The molecule has 1 fully saturated rings. The maximum atomic E-state index is 11.7. The number of carbonyl (C=O) groups excluding carboxylic acids is 1. The van der Waals surface area contributed by atoms with Crippen molar-refractivity contribution in [2.75, 3.05) is 31.1 Å². The van der Waals surface area contributed by atoms with Crippen LogP contribution in [0.15, 0.2) is 17.2 Å². The maximum absolute atomic E-state index is 11.7. The van der Waals surface area contributed by atoms with E-state index in [1.807, 2.05) is 26.8 Å². The topological polar surface area (TPSA) is 103 Å². The molecule has 0 saturated carbocycles. The molecule has 1 saturated heterocycles. The summed E-state index contributed by atoms with van der Waals surface area (Å²) in [7, 11) is 0. The molecule has 2 aromatic rings. The molecular formula is C15H23N5O3. The summed E-state index contributed by atoms with van der Waals surface area (Å²) in [6.07, 6.45) is 1.54. The van der Waals surface area contributed by atoms with Crippen LogP contribution < -0.4 is 15.8 Å². The standard InChI is InChI=1S/C10H13N5O.C5H10O2/c16-10-9-7(12-6-13-9)5-8(14-10)15-3-1-11-2-4-15;1-5(2,3)7-4-6/h5-6,11H,1-4H2,(H,12,13)(H,14,16);4H,1-3H3. The van der Waals surface area contributed by atoms with E-state index >= 15 is 0 Å².